The van der Waals surface area contributed by atoms with Gasteiger partial charge in [0, 0.05) is 37.2 Å². The SMILES string of the molecule is COCCCn1c(C)cc(C(=O)CN2C(=O)NC3(CCc4ccccc43)C2=O)c1C. The van der Waals surface area contributed by atoms with Crippen molar-refractivity contribution in [2.24, 2.45) is 0 Å². The van der Waals surface area contributed by atoms with Crippen molar-refractivity contribution in [3.05, 3.63) is 58.4 Å². The number of methoxy groups -OCH3 is 1. The van der Waals surface area contributed by atoms with Crippen LogP contribution in [0.5, 0.6) is 0 Å². The Morgan fingerprint density at radius 3 is 2.77 bits per heavy atom. The van der Waals surface area contributed by atoms with Crippen LogP contribution in [0.15, 0.2) is 30.3 Å². The predicted octanol–water partition coefficient (Wildman–Crippen LogP) is 2.72. The highest BCUT2D eigenvalue weighted by Gasteiger charge is 2.55. The Bertz CT molecular complexity index is 1030. The van der Waals surface area contributed by atoms with Crippen LogP contribution in [-0.2, 0) is 28.0 Å². The fourth-order valence-corrected chi connectivity index (χ4v) is 4.76. The number of aromatic nitrogens is 1. The summed E-state index contributed by atoms with van der Waals surface area (Å²) in [5.74, 6) is -0.562. The van der Waals surface area contributed by atoms with Gasteiger partial charge in [-0.1, -0.05) is 24.3 Å². The van der Waals surface area contributed by atoms with Gasteiger partial charge >= 0.3 is 6.03 Å². The smallest absolute Gasteiger partial charge is 0.325 e. The molecule has 1 saturated heterocycles. The number of urea groups is 1. The van der Waals surface area contributed by atoms with Gasteiger partial charge in [-0.15, -0.1) is 0 Å². The predicted molar refractivity (Wildman–Crippen MR) is 111 cm³/mol. The Morgan fingerprint density at radius 2 is 2.00 bits per heavy atom. The molecule has 0 bridgehead atoms. The van der Waals surface area contributed by atoms with Crippen molar-refractivity contribution in [3.63, 3.8) is 0 Å². The number of ether oxygens (including phenoxy) is 1. The molecule has 158 valence electrons. The van der Waals surface area contributed by atoms with E-state index >= 15 is 0 Å². The number of rotatable bonds is 7. The van der Waals surface area contributed by atoms with Crippen LogP contribution >= 0.6 is 0 Å². The number of benzene rings is 1. The zero-order chi connectivity index (χ0) is 21.5. The van der Waals surface area contributed by atoms with Gasteiger partial charge in [0.25, 0.3) is 5.91 Å². The highest BCUT2D eigenvalue weighted by molar-refractivity contribution is 6.12. The quantitative estimate of drug-likeness (QED) is 0.433. The van der Waals surface area contributed by atoms with Gasteiger partial charge in [-0.3, -0.25) is 14.5 Å². The molecule has 1 aliphatic carbocycles. The first-order valence-corrected chi connectivity index (χ1v) is 10.3. The number of hydrogen-bond donors (Lipinski definition) is 1. The van der Waals surface area contributed by atoms with Crippen molar-refractivity contribution in [1.29, 1.82) is 0 Å². The van der Waals surface area contributed by atoms with E-state index < -0.39 is 11.6 Å². The van der Waals surface area contributed by atoms with Crippen LogP contribution in [0.2, 0.25) is 0 Å². The van der Waals surface area contributed by atoms with Crippen molar-refractivity contribution in [1.82, 2.24) is 14.8 Å². The lowest BCUT2D eigenvalue weighted by Gasteiger charge is -2.22. The van der Waals surface area contributed by atoms with E-state index in [4.69, 9.17) is 4.74 Å². The summed E-state index contributed by atoms with van der Waals surface area (Å²) in [7, 11) is 1.66. The number of aryl methyl sites for hydroxylation is 2. The lowest BCUT2D eigenvalue weighted by Crippen LogP contribution is -2.42. The summed E-state index contributed by atoms with van der Waals surface area (Å²) >= 11 is 0. The van der Waals surface area contributed by atoms with Crippen LogP contribution in [-0.4, -0.2) is 47.4 Å². The number of nitrogens with one attached hydrogen (secondary N) is 1. The summed E-state index contributed by atoms with van der Waals surface area (Å²) in [6, 6.07) is 9.01. The summed E-state index contributed by atoms with van der Waals surface area (Å²) in [5, 5.41) is 2.87. The normalized spacial score (nSPS) is 20.2. The van der Waals surface area contributed by atoms with E-state index in [-0.39, 0.29) is 18.2 Å². The number of amides is 3. The zero-order valence-corrected chi connectivity index (χ0v) is 17.7. The molecule has 1 fully saturated rings. The molecule has 4 rings (SSSR count). The minimum absolute atomic E-state index is 0.229. The molecule has 3 amide bonds. The van der Waals surface area contributed by atoms with Crippen LogP contribution in [0.1, 0.15) is 45.7 Å². The van der Waals surface area contributed by atoms with E-state index in [1.807, 2.05) is 44.2 Å². The number of carbonyl (C=O) groups is 3. The Morgan fingerprint density at radius 1 is 1.23 bits per heavy atom. The first-order chi connectivity index (χ1) is 14.4. The average Bonchev–Trinajstić information content (AvgIpc) is 3.32. The Balaban J connectivity index is 1.54. The zero-order valence-electron chi connectivity index (χ0n) is 17.7. The van der Waals surface area contributed by atoms with E-state index in [9.17, 15) is 14.4 Å². The molecule has 1 unspecified atom stereocenters. The van der Waals surface area contributed by atoms with Crippen molar-refractivity contribution >= 4 is 17.7 Å². The third kappa shape index (κ3) is 3.13. The summed E-state index contributed by atoms with van der Waals surface area (Å²) < 4.78 is 7.19. The molecule has 30 heavy (non-hydrogen) atoms. The second kappa shape index (κ2) is 7.72. The molecule has 2 heterocycles. The summed E-state index contributed by atoms with van der Waals surface area (Å²) in [5.41, 5.74) is 3.25. The lowest BCUT2D eigenvalue weighted by molar-refractivity contribution is -0.131. The van der Waals surface area contributed by atoms with E-state index in [1.54, 1.807) is 7.11 Å². The van der Waals surface area contributed by atoms with Crippen LogP contribution in [0.4, 0.5) is 4.79 Å². The fourth-order valence-electron chi connectivity index (χ4n) is 4.76. The topological polar surface area (TPSA) is 80.6 Å². The van der Waals surface area contributed by atoms with Crippen LogP contribution in [0.25, 0.3) is 0 Å². The standard InChI is InChI=1S/C23H27N3O4/c1-15-13-18(16(2)25(15)11-6-12-30-3)20(27)14-26-21(28)23(24-22(26)29)10-9-17-7-4-5-8-19(17)23/h4-5,7-8,13H,6,9-12,14H2,1-3H3,(H,24,29). The van der Waals surface area contributed by atoms with Gasteiger partial charge in [-0.05, 0) is 50.3 Å². The van der Waals surface area contributed by atoms with Crippen LogP contribution in [0.3, 0.4) is 0 Å². The Hall–Kier alpha value is -2.93. The third-order valence-electron chi connectivity index (χ3n) is 6.33. The molecule has 7 nitrogen and oxygen atoms in total. The van der Waals surface area contributed by atoms with Crippen molar-refractivity contribution in [3.8, 4) is 0 Å². The summed E-state index contributed by atoms with van der Waals surface area (Å²) in [4.78, 5) is 40.1. The Labute approximate surface area is 176 Å². The van der Waals surface area contributed by atoms with Crippen LogP contribution < -0.4 is 5.32 Å². The molecule has 1 N–H and O–H groups in total. The molecule has 1 aromatic carbocycles. The number of Topliss-reactive ketones (excluding diaryl/α,β-unsaturated/α-hetero) is 1. The fraction of sp³-hybridized carbons (Fsp3) is 0.435. The maximum atomic E-state index is 13.3. The van der Waals surface area contributed by atoms with Crippen molar-refractivity contribution in [2.75, 3.05) is 20.3 Å². The van der Waals surface area contributed by atoms with Gasteiger partial charge in [-0.25, -0.2) is 4.79 Å². The Kier molecular flexibility index (Phi) is 5.24. The van der Waals surface area contributed by atoms with Gasteiger partial charge in [0.05, 0.1) is 6.54 Å². The molecule has 0 radical (unpaired) electrons. The van der Waals surface area contributed by atoms with Gasteiger partial charge in [0.2, 0.25) is 0 Å². The molecular weight excluding hydrogens is 382 g/mol. The number of ketones is 1. The average molecular weight is 409 g/mol. The van der Waals surface area contributed by atoms with Gasteiger partial charge in [0.15, 0.2) is 5.78 Å². The number of imide groups is 1. The number of nitrogens with zero attached hydrogens (tertiary/aromatic N) is 2. The number of carbonyl (C=O) groups excluding carboxylic acids is 3. The lowest BCUT2D eigenvalue weighted by atomic mass is 9.92. The minimum Gasteiger partial charge on any atom is -0.385 e. The van der Waals surface area contributed by atoms with Gasteiger partial charge in [-0.2, -0.15) is 0 Å². The highest BCUT2D eigenvalue weighted by Crippen LogP contribution is 2.41. The molecule has 1 aromatic heterocycles. The molecule has 2 aromatic rings. The van der Waals surface area contributed by atoms with Crippen molar-refractivity contribution in [2.45, 2.75) is 45.2 Å². The number of fused-ring (bicyclic) bond motifs is 2. The second-order valence-corrected chi connectivity index (χ2v) is 8.09. The monoisotopic (exact) mass is 409 g/mol. The van der Waals surface area contributed by atoms with E-state index in [0.29, 0.717) is 18.6 Å². The minimum atomic E-state index is -1.04. The molecule has 7 heteroatoms. The molecular formula is C23H27N3O4. The van der Waals surface area contributed by atoms with E-state index in [1.165, 1.54) is 0 Å². The maximum Gasteiger partial charge on any atom is 0.325 e. The highest BCUT2D eigenvalue weighted by atomic mass is 16.5. The molecule has 1 aliphatic heterocycles. The van der Waals surface area contributed by atoms with E-state index in [0.717, 1.165) is 46.8 Å². The van der Waals surface area contributed by atoms with Gasteiger partial charge < -0.3 is 14.6 Å². The van der Waals surface area contributed by atoms with E-state index in [2.05, 4.69) is 9.88 Å². The third-order valence-corrected chi connectivity index (χ3v) is 6.33. The first-order valence-electron chi connectivity index (χ1n) is 10.3. The van der Waals surface area contributed by atoms with Gasteiger partial charge in [0.1, 0.15) is 5.54 Å². The first kappa shape index (κ1) is 20.3. The summed E-state index contributed by atoms with van der Waals surface area (Å²) in [6.45, 7) is 4.99. The molecule has 1 spiro atoms. The molecule has 0 saturated carbocycles. The molecule has 1 atom stereocenters. The largest absolute Gasteiger partial charge is 0.385 e. The summed E-state index contributed by atoms with van der Waals surface area (Å²) in [6.07, 6.45) is 2.09. The molecule has 2 aliphatic rings. The second-order valence-electron chi connectivity index (χ2n) is 8.09. The number of hydrogen-bond acceptors (Lipinski definition) is 4. The maximum absolute atomic E-state index is 13.3. The van der Waals surface area contributed by atoms with Crippen LogP contribution in [0, 0.1) is 13.8 Å². The van der Waals surface area contributed by atoms with Crippen molar-refractivity contribution < 1.29 is 19.1 Å².